The molecule has 0 aromatic heterocycles. The molecule has 1 atom stereocenters. The lowest BCUT2D eigenvalue weighted by molar-refractivity contribution is 0.0552. The summed E-state index contributed by atoms with van der Waals surface area (Å²) in [6, 6.07) is 12.5. The Morgan fingerprint density at radius 1 is 1.04 bits per heavy atom. The molecule has 2 N–H and O–H groups in total. The van der Waals surface area contributed by atoms with Gasteiger partial charge in [0.25, 0.3) is 5.91 Å². The maximum atomic E-state index is 12.5. The molecule has 152 valence electrons. The van der Waals surface area contributed by atoms with E-state index < -0.39 is 5.60 Å². The molecule has 0 radical (unpaired) electrons. The predicted octanol–water partition coefficient (Wildman–Crippen LogP) is 3.22. The van der Waals surface area contributed by atoms with E-state index in [4.69, 9.17) is 14.2 Å². The third kappa shape index (κ3) is 6.16. The van der Waals surface area contributed by atoms with Gasteiger partial charge >= 0.3 is 0 Å². The van der Waals surface area contributed by atoms with Gasteiger partial charge in [-0.2, -0.15) is 0 Å². The molecule has 0 heterocycles. The Hall–Kier alpha value is -2.73. The minimum Gasteiger partial charge on any atom is -0.497 e. The van der Waals surface area contributed by atoms with Gasteiger partial charge in [0.05, 0.1) is 25.9 Å². The van der Waals surface area contributed by atoms with Gasteiger partial charge in [-0.05, 0) is 56.7 Å². The fourth-order valence-corrected chi connectivity index (χ4v) is 2.81. The van der Waals surface area contributed by atoms with Crippen LogP contribution in [0, 0.1) is 0 Å². The molecule has 0 spiro atoms. The van der Waals surface area contributed by atoms with E-state index in [0.29, 0.717) is 36.7 Å². The van der Waals surface area contributed by atoms with E-state index in [2.05, 4.69) is 5.32 Å². The molecule has 6 nitrogen and oxygen atoms in total. The summed E-state index contributed by atoms with van der Waals surface area (Å²) in [5.41, 5.74) is 0.324. The molecular formula is C22H29NO5. The van der Waals surface area contributed by atoms with Crippen LogP contribution in [0.25, 0.3) is 0 Å². The number of hydrogen-bond acceptors (Lipinski definition) is 5. The van der Waals surface area contributed by atoms with Crippen molar-refractivity contribution in [3.05, 3.63) is 53.6 Å². The summed E-state index contributed by atoms with van der Waals surface area (Å²) in [4.78, 5) is 12.5. The van der Waals surface area contributed by atoms with E-state index in [1.54, 1.807) is 32.2 Å². The van der Waals surface area contributed by atoms with Crippen LogP contribution in [-0.2, 0) is 6.42 Å². The first-order chi connectivity index (χ1) is 13.4. The summed E-state index contributed by atoms with van der Waals surface area (Å²) >= 11 is 0. The van der Waals surface area contributed by atoms with Crippen molar-refractivity contribution >= 4 is 5.91 Å². The van der Waals surface area contributed by atoms with Crippen LogP contribution in [-0.4, -0.2) is 43.5 Å². The van der Waals surface area contributed by atoms with Crippen molar-refractivity contribution in [3.63, 3.8) is 0 Å². The molecule has 0 aliphatic rings. The largest absolute Gasteiger partial charge is 0.497 e. The van der Waals surface area contributed by atoms with Crippen LogP contribution in [0.2, 0.25) is 0 Å². The van der Waals surface area contributed by atoms with Gasteiger partial charge in [-0.25, -0.2) is 0 Å². The second-order valence-corrected chi connectivity index (χ2v) is 6.73. The van der Waals surface area contributed by atoms with E-state index in [-0.39, 0.29) is 12.5 Å². The van der Waals surface area contributed by atoms with Gasteiger partial charge in [0.15, 0.2) is 11.5 Å². The van der Waals surface area contributed by atoms with Crippen LogP contribution in [0.1, 0.15) is 36.7 Å². The molecule has 2 aromatic rings. The Morgan fingerprint density at radius 3 is 2.29 bits per heavy atom. The molecule has 2 rings (SSSR count). The van der Waals surface area contributed by atoms with Crippen molar-refractivity contribution < 1.29 is 24.1 Å². The molecule has 0 bridgehead atoms. The average molecular weight is 387 g/mol. The standard InChI is InChI=1S/C22H29NO5/c1-5-27-19-12-9-17(13-20(19)28-6-2)21(24)23-15-22(3,25)14-16-7-10-18(26-4)11-8-16/h7-13,25H,5-6,14-15H2,1-4H3,(H,23,24)/t22-/m0/s1. The van der Waals surface area contributed by atoms with Gasteiger partial charge in [-0.3, -0.25) is 4.79 Å². The number of benzene rings is 2. The van der Waals surface area contributed by atoms with Crippen LogP contribution < -0.4 is 19.5 Å². The lowest BCUT2D eigenvalue weighted by Crippen LogP contribution is -2.42. The fraction of sp³-hybridized carbons (Fsp3) is 0.409. The van der Waals surface area contributed by atoms with Crippen molar-refractivity contribution in [2.75, 3.05) is 26.9 Å². The van der Waals surface area contributed by atoms with Crippen LogP contribution in [0.3, 0.4) is 0 Å². The lowest BCUT2D eigenvalue weighted by Gasteiger charge is -2.24. The number of hydrogen-bond donors (Lipinski definition) is 2. The van der Waals surface area contributed by atoms with Crippen LogP contribution in [0.4, 0.5) is 0 Å². The molecule has 2 aromatic carbocycles. The van der Waals surface area contributed by atoms with Gasteiger partial charge in [0.1, 0.15) is 5.75 Å². The van der Waals surface area contributed by atoms with Crippen molar-refractivity contribution in [3.8, 4) is 17.2 Å². The Morgan fingerprint density at radius 2 is 1.68 bits per heavy atom. The fourth-order valence-electron chi connectivity index (χ4n) is 2.81. The maximum Gasteiger partial charge on any atom is 0.251 e. The molecule has 0 saturated heterocycles. The summed E-state index contributed by atoms with van der Waals surface area (Å²) in [5.74, 6) is 1.62. The predicted molar refractivity (Wildman–Crippen MR) is 108 cm³/mol. The Kier molecular flexibility index (Phi) is 7.70. The zero-order valence-corrected chi connectivity index (χ0v) is 17.0. The van der Waals surface area contributed by atoms with Crippen molar-refractivity contribution in [2.24, 2.45) is 0 Å². The normalized spacial score (nSPS) is 12.8. The monoisotopic (exact) mass is 387 g/mol. The number of ether oxygens (including phenoxy) is 3. The highest BCUT2D eigenvalue weighted by molar-refractivity contribution is 5.94. The molecule has 0 unspecified atom stereocenters. The van der Waals surface area contributed by atoms with Crippen molar-refractivity contribution in [2.45, 2.75) is 32.8 Å². The number of carbonyl (C=O) groups excluding carboxylic acids is 1. The number of rotatable bonds is 10. The summed E-state index contributed by atoms with van der Waals surface area (Å²) in [6.07, 6.45) is 0.407. The minimum atomic E-state index is -1.09. The zero-order valence-electron chi connectivity index (χ0n) is 17.0. The zero-order chi connectivity index (χ0) is 20.6. The van der Waals surface area contributed by atoms with Crippen molar-refractivity contribution in [1.82, 2.24) is 5.32 Å². The second-order valence-electron chi connectivity index (χ2n) is 6.73. The summed E-state index contributed by atoms with van der Waals surface area (Å²) in [7, 11) is 1.61. The highest BCUT2D eigenvalue weighted by atomic mass is 16.5. The first-order valence-electron chi connectivity index (χ1n) is 9.41. The highest BCUT2D eigenvalue weighted by Crippen LogP contribution is 2.28. The molecule has 1 amide bonds. The summed E-state index contributed by atoms with van der Waals surface area (Å²) in [5, 5.41) is 13.4. The first kappa shape index (κ1) is 21.6. The van der Waals surface area contributed by atoms with Crippen LogP contribution >= 0.6 is 0 Å². The quantitative estimate of drug-likeness (QED) is 0.655. The van der Waals surface area contributed by atoms with E-state index in [0.717, 1.165) is 11.3 Å². The number of methoxy groups -OCH3 is 1. The Labute approximate surface area is 166 Å². The third-order valence-electron chi connectivity index (χ3n) is 4.18. The molecule has 6 heteroatoms. The Bertz CT molecular complexity index is 771. The topological polar surface area (TPSA) is 77.0 Å². The Balaban J connectivity index is 2.00. The highest BCUT2D eigenvalue weighted by Gasteiger charge is 2.22. The lowest BCUT2D eigenvalue weighted by atomic mass is 9.96. The number of nitrogens with one attached hydrogen (secondary N) is 1. The van der Waals surface area contributed by atoms with Crippen LogP contribution in [0.5, 0.6) is 17.2 Å². The third-order valence-corrected chi connectivity index (χ3v) is 4.18. The molecular weight excluding hydrogens is 358 g/mol. The number of aliphatic hydroxyl groups is 1. The van der Waals surface area contributed by atoms with Gasteiger partial charge in [-0.15, -0.1) is 0 Å². The van der Waals surface area contributed by atoms with E-state index >= 15 is 0 Å². The molecule has 0 aliphatic carbocycles. The van der Waals surface area contributed by atoms with E-state index in [1.807, 2.05) is 38.1 Å². The molecule has 28 heavy (non-hydrogen) atoms. The smallest absolute Gasteiger partial charge is 0.251 e. The molecule has 0 fully saturated rings. The average Bonchev–Trinajstić information content (AvgIpc) is 2.68. The second kappa shape index (κ2) is 9.99. The molecule has 0 aliphatic heterocycles. The van der Waals surface area contributed by atoms with Crippen LogP contribution in [0.15, 0.2) is 42.5 Å². The first-order valence-corrected chi connectivity index (χ1v) is 9.41. The van der Waals surface area contributed by atoms with Crippen molar-refractivity contribution in [1.29, 1.82) is 0 Å². The van der Waals surface area contributed by atoms with Gasteiger partial charge < -0.3 is 24.6 Å². The van der Waals surface area contributed by atoms with E-state index in [9.17, 15) is 9.90 Å². The SMILES string of the molecule is CCOc1ccc(C(=O)NC[C@@](C)(O)Cc2ccc(OC)cc2)cc1OCC. The number of amides is 1. The summed E-state index contributed by atoms with van der Waals surface area (Å²) in [6.45, 7) is 6.57. The van der Waals surface area contributed by atoms with Gasteiger partial charge in [0.2, 0.25) is 0 Å². The van der Waals surface area contributed by atoms with Gasteiger partial charge in [-0.1, -0.05) is 12.1 Å². The molecule has 0 saturated carbocycles. The number of carbonyl (C=O) groups is 1. The van der Waals surface area contributed by atoms with E-state index in [1.165, 1.54) is 0 Å². The minimum absolute atomic E-state index is 0.120. The van der Waals surface area contributed by atoms with Gasteiger partial charge in [0, 0.05) is 18.5 Å². The maximum absolute atomic E-state index is 12.5. The summed E-state index contributed by atoms with van der Waals surface area (Å²) < 4.78 is 16.2.